The minimum Gasteiger partial charge on any atom is -0.207 e. The van der Waals surface area contributed by atoms with E-state index in [1.165, 1.54) is 24.3 Å². The van der Waals surface area contributed by atoms with Crippen LogP contribution in [0.1, 0.15) is 0 Å². The first-order chi connectivity index (χ1) is 14.9. The molecule has 0 spiro atoms. The molecule has 31 heavy (non-hydrogen) atoms. The van der Waals surface area contributed by atoms with Crippen LogP contribution in [0, 0.1) is 29.1 Å². The molecule has 5 aromatic carbocycles. The van der Waals surface area contributed by atoms with Crippen molar-refractivity contribution < 1.29 is 22.0 Å². The molecule has 0 aliphatic rings. The van der Waals surface area contributed by atoms with E-state index in [2.05, 4.69) is 0 Å². The van der Waals surface area contributed by atoms with Gasteiger partial charge in [0.15, 0.2) is 23.3 Å². The summed E-state index contributed by atoms with van der Waals surface area (Å²) in [5, 5.41) is 2.36. The molecule has 0 heterocycles. The number of hydrogen-bond acceptors (Lipinski definition) is 0. The zero-order valence-corrected chi connectivity index (χ0v) is 15.9. The third kappa shape index (κ3) is 3.13. The second kappa shape index (κ2) is 7.20. The van der Waals surface area contributed by atoms with E-state index in [9.17, 15) is 22.0 Å². The van der Waals surface area contributed by atoms with Gasteiger partial charge in [0, 0.05) is 0 Å². The van der Waals surface area contributed by atoms with Gasteiger partial charge >= 0.3 is 0 Å². The Hall–Kier alpha value is -3.73. The molecular weight excluding hydrogens is 407 g/mol. The highest BCUT2D eigenvalue weighted by Gasteiger charge is 2.19. The van der Waals surface area contributed by atoms with E-state index < -0.39 is 29.1 Å². The first-order valence-electron chi connectivity index (χ1n) is 9.49. The van der Waals surface area contributed by atoms with E-state index in [0.29, 0.717) is 43.8 Å². The Bertz CT molecular complexity index is 1490. The predicted octanol–water partition coefficient (Wildman–Crippen LogP) is 8.02. The van der Waals surface area contributed by atoms with Crippen LogP contribution in [0.3, 0.4) is 0 Å². The summed E-state index contributed by atoms with van der Waals surface area (Å²) in [4.78, 5) is 0. The first-order valence-corrected chi connectivity index (χ1v) is 9.49. The van der Waals surface area contributed by atoms with Gasteiger partial charge in [-0.1, -0.05) is 42.5 Å². The van der Waals surface area contributed by atoms with Crippen molar-refractivity contribution in [2.45, 2.75) is 0 Å². The Kier molecular flexibility index (Phi) is 4.47. The third-order valence-corrected chi connectivity index (χ3v) is 5.40. The van der Waals surface area contributed by atoms with Crippen LogP contribution in [0.15, 0.2) is 78.9 Å². The third-order valence-electron chi connectivity index (χ3n) is 5.40. The number of hydrogen-bond donors (Lipinski definition) is 0. The van der Waals surface area contributed by atoms with Crippen LogP contribution in [0.25, 0.3) is 43.8 Å². The summed E-state index contributed by atoms with van der Waals surface area (Å²) < 4.78 is 69.5. The number of halogens is 5. The molecule has 0 aliphatic heterocycles. The molecule has 0 aliphatic carbocycles. The fraction of sp³-hybridized carbons (Fsp3) is 0. The predicted molar refractivity (Wildman–Crippen MR) is 112 cm³/mol. The van der Waals surface area contributed by atoms with Gasteiger partial charge in [0.1, 0.15) is 5.82 Å². The maximum atomic E-state index is 14.3. The largest absolute Gasteiger partial charge is 0.207 e. The van der Waals surface area contributed by atoms with Crippen LogP contribution in [0.2, 0.25) is 0 Å². The van der Waals surface area contributed by atoms with E-state index in [1.807, 2.05) is 0 Å². The molecule has 0 aromatic heterocycles. The van der Waals surface area contributed by atoms with Crippen LogP contribution >= 0.6 is 0 Å². The van der Waals surface area contributed by atoms with Gasteiger partial charge in [-0.2, -0.15) is 0 Å². The summed E-state index contributed by atoms with van der Waals surface area (Å²) in [7, 11) is 0. The fourth-order valence-electron chi connectivity index (χ4n) is 4.08. The molecular formula is C26H13F5. The zero-order valence-electron chi connectivity index (χ0n) is 15.9. The lowest BCUT2D eigenvalue weighted by molar-refractivity contribution is 0.509. The summed E-state index contributed by atoms with van der Waals surface area (Å²) in [6.45, 7) is 0. The molecule has 5 rings (SSSR count). The Morgan fingerprint density at radius 2 is 0.871 bits per heavy atom. The van der Waals surface area contributed by atoms with Gasteiger partial charge in [0.25, 0.3) is 0 Å². The van der Waals surface area contributed by atoms with E-state index in [-0.39, 0.29) is 0 Å². The SMILES string of the molecule is Fc1ccc2c(-c3ccc(F)c(F)c3)c3ccccc3c(-c3ccc(F)c(F)c3)c2c1. The van der Waals surface area contributed by atoms with Crippen LogP contribution in [0.4, 0.5) is 22.0 Å². The Labute approximate surface area is 174 Å². The molecule has 0 amide bonds. The van der Waals surface area contributed by atoms with Crippen molar-refractivity contribution >= 4 is 21.5 Å². The molecule has 0 nitrogen and oxygen atoms in total. The van der Waals surface area contributed by atoms with E-state index in [1.54, 1.807) is 30.3 Å². The second-order valence-electron chi connectivity index (χ2n) is 7.24. The van der Waals surface area contributed by atoms with Gasteiger partial charge in [0.05, 0.1) is 0 Å². The van der Waals surface area contributed by atoms with Crippen molar-refractivity contribution in [2.75, 3.05) is 0 Å². The topological polar surface area (TPSA) is 0 Å². The van der Waals surface area contributed by atoms with Gasteiger partial charge in [-0.25, -0.2) is 22.0 Å². The molecule has 5 heteroatoms. The highest BCUT2D eigenvalue weighted by molar-refractivity contribution is 6.21. The normalized spacial score (nSPS) is 11.4. The smallest absolute Gasteiger partial charge is 0.159 e. The summed E-state index contributed by atoms with van der Waals surface area (Å²) >= 11 is 0. The van der Waals surface area contributed by atoms with Gasteiger partial charge < -0.3 is 0 Å². The van der Waals surface area contributed by atoms with Crippen molar-refractivity contribution in [1.82, 2.24) is 0 Å². The first kappa shape index (κ1) is 19.2. The van der Waals surface area contributed by atoms with Gasteiger partial charge in [-0.3, -0.25) is 0 Å². The number of benzene rings is 5. The Balaban J connectivity index is 1.98. The summed E-state index contributed by atoms with van der Waals surface area (Å²) in [6, 6.07) is 18.4. The molecule has 0 unspecified atom stereocenters. The average Bonchev–Trinajstić information content (AvgIpc) is 2.76. The quantitative estimate of drug-likeness (QED) is 0.200. The highest BCUT2D eigenvalue weighted by Crippen LogP contribution is 2.44. The molecule has 5 aromatic rings. The van der Waals surface area contributed by atoms with E-state index in [4.69, 9.17) is 0 Å². The van der Waals surface area contributed by atoms with Gasteiger partial charge in [0.2, 0.25) is 0 Å². The second-order valence-corrected chi connectivity index (χ2v) is 7.24. The lowest BCUT2D eigenvalue weighted by Crippen LogP contribution is -1.94. The standard InChI is InChI=1S/C26H13F5/c27-16-7-8-19-20(13-16)26(15-6-10-22(29)24(31)12-15)18-4-2-1-3-17(18)25(19)14-5-9-21(28)23(30)11-14/h1-13H. The minimum atomic E-state index is -1.02. The van der Waals surface area contributed by atoms with Crippen molar-refractivity contribution in [3.63, 3.8) is 0 Å². The Morgan fingerprint density at radius 1 is 0.387 bits per heavy atom. The average molecular weight is 420 g/mol. The lowest BCUT2D eigenvalue weighted by atomic mass is 9.86. The van der Waals surface area contributed by atoms with Crippen molar-refractivity contribution in [1.29, 1.82) is 0 Å². The maximum Gasteiger partial charge on any atom is 0.159 e. The van der Waals surface area contributed by atoms with Crippen LogP contribution in [-0.2, 0) is 0 Å². The Morgan fingerprint density at radius 3 is 1.39 bits per heavy atom. The van der Waals surface area contributed by atoms with Gasteiger partial charge in [-0.15, -0.1) is 0 Å². The number of rotatable bonds is 2. The lowest BCUT2D eigenvalue weighted by Gasteiger charge is -2.18. The monoisotopic (exact) mass is 420 g/mol. The summed E-state index contributed by atoms with van der Waals surface area (Å²) in [6.07, 6.45) is 0. The molecule has 0 atom stereocenters. The fourth-order valence-corrected chi connectivity index (χ4v) is 4.08. The maximum absolute atomic E-state index is 14.3. The van der Waals surface area contributed by atoms with Crippen LogP contribution < -0.4 is 0 Å². The van der Waals surface area contributed by atoms with Crippen LogP contribution in [0.5, 0.6) is 0 Å². The molecule has 0 N–H and O–H groups in total. The summed E-state index contributed by atoms with van der Waals surface area (Å²) in [5.74, 6) is -4.48. The molecule has 0 saturated carbocycles. The van der Waals surface area contributed by atoms with E-state index in [0.717, 1.165) is 24.3 Å². The molecule has 0 fully saturated rings. The molecule has 152 valence electrons. The highest BCUT2D eigenvalue weighted by atomic mass is 19.2. The van der Waals surface area contributed by atoms with Crippen molar-refractivity contribution in [3.8, 4) is 22.3 Å². The van der Waals surface area contributed by atoms with Crippen LogP contribution in [-0.4, -0.2) is 0 Å². The molecule has 0 bridgehead atoms. The minimum absolute atomic E-state index is 0.377. The summed E-state index contributed by atoms with van der Waals surface area (Å²) in [5.41, 5.74) is 1.91. The van der Waals surface area contributed by atoms with Gasteiger partial charge in [-0.05, 0) is 80.2 Å². The number of fused-ring (bicyclic) bond motifs is 2. The molecule has 0 saturated heterocycles. The van der Waals surface area contributed by atoms with E-state index >= 15 is 0 Å². The molecule has 0 radical (unpaired) electrons. The van der Waals surface area contributed by atoms with Crippen molar-refractivity contribution in [3.05, 3.63) is 108 Å². The zero-order chi connectivity index (χ0) is 21.7. The van der Waals surface area contributed by atoms with Crippen molar-refractivity contribution in [2.24, 2.45) is 0 Å².